The van der Waals surface area contributed by atoms with Gasteiger partial charge in [0.1, 0.15) is 46.7 Å². The van der Waals surface area contributed by atoms with Crippen LogP contribution in [0.2, 0.25) is 0 Å². The van der Waals surface area contributed by atoms with Crippen LogP contribution >= 0.6 is 11.3 Å². The Balaban J connectivity index is 1.35. The van der Waals surface area contributed by atoms with Crippen LogP contribution in [0.4, 0.5) is 24.0 Å². The van der Waals surface area contributed by atoms with Crippen LogP contribution in [0, 0.1) is 23.0 Å². The third-order valence-electron chi connectivity index (χ3n) is 10.1. The Bertz CT molecular complexity index is 1980. The van der Waals surface area contributed by atoms with Crippen molar-refractivity contribution in [2.75, 3.05) is 43.9 Å². The molecule has 0 spiro atoms. The second kappa shape index (κ2) is 11.6. The second-order valence-corrected chi connectivity index (χ2v) is 13.6. The molecular formula is C33H33F3N8O2S. The van der Waals surface area contributed by atoms with Crippen molar-refractivity contribution < 1.29 is 22.7 Å². The van der Waals surface area contributed by atoms with Crippen LogP contribution in [0.1, 0.15) is 38.2 Å². The van der Waals surface area contributed by atoms with Crippen LogP contribution in [0.3, 0.4) is 0 Å². The Morgan fingerprint density at radius 2 is 2.15 bits per heavy atom. The first kappa shape index (κ1) is 31.1. The van der Waals surface area contributed by atoms with E-state index in [-0.39, 0.29) is 68.0 Å². The number of halogens is 3. The molecule has 2 N–H and O–H groups in total. The number of likely N-dealkylation sites (N-methyl/N-ethyl adjacent to an activating group) is 1. The summed E-state index contributed by atoms with van der Waals surface area (Å²) in [4.78, 5) is 31.9. The number of hydrogen-bond acceptors (Lipinski definition) is 10. The largest absolute Gasteiger partial charge is 0.461 e. The van der Waals surface area contributed by atoms with Crippen LogP contribution in [-0.4, -0.2) is 87.7 Å². The van der Waals surface area contributed by atoms with E-state index in [1.807, 2.05) is 24.9 Å². The Kier molecular flexibility index (Phi) is 7.71. The lowest BCUT2D eigenvalue weighted by atomic mass is 9.95. The van der Waals surface area contributed by atoms with Gasteiger partial charge in [-0.05, 0) is 50.9 Å². The summed E-state index contributed by atoms with van der Waals surface area (Å²) in [6.45, 7) is 7.34. The maximum atomic E-state index is 16.8. The Labute approximate surface area is 273 Å². The molecule has 3 aliphatic heterocycles. The number of anilines is 2. The average Bonchev–Trinajstić information content (AvgIpc) is 3.80. The van der Waals surface area contributed by atoms with E-state index in [0.29, 0.717) is 37.1 Å². The molecule has 4 atom stereocenters. The molecule has 0 radical (unpaired) electrons. The van der Waals surface area contributed by atoms with Gasteiger partial charge in [0.15, 0.2) is 5.82 Å². The van der Waals surface area contributed by atoms with E-state index in [9.17, 15) is 18.8 Å². The number of nitriles is 1. The van der Waals surface area contributed by atoms with E-state index in [1.165, 1.54) is 24.4 Å². The van der Waals surface area contributed by atoms with Crippen molar-refractivity contribution in [1.82, 2.24) is 24.8 Å². The topological polar surface area (TPSA) is 125 Å². The number of benzene rings is 1. The minimum absolute atomic E-state index is 0.0462. The molecule has 0 bridgehead atoms. The summed E-state index contributed by atoms with van der Waals surface area (Å²) in [5, 5.41) is 10.4. The highest BCUT2D eigenvalue weighted by atomic mass is 32.1. The van der Waals surface area contributed by atoms with Gasteiger partial charge < -0.3 is 20.3 Å². The minimum atomic E-state index is -0.953. The third-order valence-corrected chi connectivity index (χ3v) is 11.1. The van der Waals surface area contributed by atoms with E-state index < -0.39 is 23.3 Å². The van der Waals surface area contributed by atoms with Crippen LogP contribution in [0.25, 0.3) is 32.2 Å². The van der Waals surface area contributed by atoms with Gasteiger partial charge in [-0.1, -0.05) is 6.58 Å². The number of likely N-dealkylation sites (tertiary alicyclic amines) is 1. The molecule has 10 nitrogen and oxygen atoms in total. The SMILES string of the molecule is C=CC(=O)N1CCC(N(C)c2nc(OCC34CCCN3CC(F)C4)nc3c(F)c(-c4ccc(F)c5sc(N)c(C#N)c45)ncc23)C1C. The van der Waals surface area contributed by atoms with Crippen LogP contribution < -0.4 is 15.4 Å². The highest BCUT2D eigenvalue weighted by Gasteiger charge is 2.49. The zero-order valence-electron chi connectivity index (χ0n) is 26.0. The molecule has 4 unspecified atom stereocenters. The standard InChI is InChI=1S/C33H33F3N8O2S/c1-4-24(45)44-11-8-23(17(44)2)42(3)31-21-14-39-27(19-6-7-22(35)29-25(19)20(13-37)30(38)47-29)26(36)28(21)40-32(41-31)46-16-33-9-5-10-43(33)15-18(34)12-33/h4,6-7,14,17-18,23H,1,5,8-12,15-16,38H2,2-3H3. The highest BCUT2D eigenvalue weighted by molar-refractivity contribution is 7.23. The first-order valence-electron chi connectivity index (χ1n) is 15.5. The Morgan fingerprint density at radius 1 is 1.34 bits per heavy atom. The molecule has 1 amide bonds. The number of carbonyl (C=O) groups excluding carboxylic acids is 1. The fourth-order valence-electron chi connectivity index (χ4n) is 7.71. The van der Waals surface area contributed by atoms with E-state index in [0.717, 1.165) is 30.7 Å². The molecule has 0 saturated carbocycles. The molecule has 47 heavy (non-hydrogen) atoms. The number of thiophene rings is 1. The van der Waals surface area contributed by atoms with Crippen molar-refractivity contribution in [3.8, 4) is 23.3 Å². The number of alkyl halides is 1. The molecule has 3 aromatic heterocycles. The number of carbonyl (C=O) groups is 1. The summed E-state index contributed by atoms with van der Waals surface area (Å²) in [7, 11) is 1.82. The lowest BCUT2D eigenvalue weighted by molar-refractivity contribution is -0.126. The predicted octanol–water partition coefficient (Wildman–Crippen LogP) is 5.21. The van der Waals surface area contributed by atoms with Gasteiger partial charge in [0, 0.05) is 49.7 Å². The van der Waals surface area contributed by atoms with Gasteiger partial charge in [-0.25, -0.2) is 13.2 Å². The summed E-state index contributed by atoms with van der Waals surface area (Å²) < 4.78 is 52.4. The van der Waals surface area contributed by atoms with Crippen molar-refractivity contribution in [2.24, 2.45) is 0 Å². The predicted molar refractivity (Wildman–Crippen MR) is 174 cm³/mol. The Morgan fingerprint density at radius 3 is 2.91 bits per heavy atom. The van der Waals surface area contributed by atoms with Crippen molar-refractivity contribution >= 4 is 49.1 Å². The normalized spacial score (nSPS) is 24.2. The highest BCUT2D eigenvalue weighted by Crippen LogP contribution is 2.43. The van der Waals surface area contributed by atoms with Crippen molar-refractivity contribution in [3.63, 3.8) is 0 Å². The fraction of sp³-hybridized carbons (Fsp3) is 0.424. The molecule has 3 fully saturated rings. The van der Waals surface area contributed by atoms with Gasteiger partial charge in [-0.2, -0.15) is 15.2 Å². The first-order chi connectivity index (χ1) is 22.6. The molecule has 0 aliphatic carbocycles. The van der Waals surface area contributed by atoms with Crippen LogP contribution in [-0.2, 0) is 4.79 Å². The van der Waals surface area contributed by atoms with Gasteiger partial charge in [0.25, 0.3) is 0 Å². The van der Waals surface area contributed by atoms with Gasteiger partial charge in [0.2, 0.25) is 5.91 Å². The molecule has 244 valence electrons. The lowest BCUT2D eigenvalue weighted by Crippen LogP contribution is -2.44. The number of aromatic nitrogens is 3. The molecule has 1 aromatic carbocycles. The van der Waals surface area contributed by atoms with E-state index in [1.54, 1.807) is 4.90 Å². The van der Waals surface area contributed by atoms with Crippen molar-refractivity contribution in [3.05, 3.63) is 48.2 Å². The number of nitrogens with zero attached hydrogens (tertiary/aromatic N) is 7. The molecule has 3 saturated heterocycles. The molecular weight excluding hydrogens is 629 g/mol. The van der Waals surface area contributed by atoms with E-state index >= 15 is 4.39 Å². The number of rotatable bonds is 7. The number of fused-ring (bicyclic) bond motifs is 3. The minimum Gasteiger partial charge on any atom is -0.461 e. The summed E-state index contributed by atoms with van der Waals surface area (Å²) in [5.41, 5.74) is 5.58. The second-order valence-electron chi connectivity index (χ2n) is 12.6. The summed E-state index contributed by atoms with van der Waals surface area (Å²) in [5.74, 6) is -1.21. The summed E-state index contributed by atoms with van der Waals surface area (Å²) in [6.07, 6.45) is 4.46. The van der Waals surface area contributed by atoms with Crippen LogP contribution in [0.5, 0.6) is 6.01 Å². The van der Waals surface area contributed by atoms with Crippen molar-refractivity contribution in [2.45, 2.75) is 56.4 Å². The maximum absolute atomic E-state index is 16.8. The number of ether oxygens (including phenoxy) is 1. The van der Waals surface area contributed by atoms with Gasteiger partial charge in [-0.3, -0.25) is 14.7 Å². The quantitative estimate of drug-likeness (QED) is 0.266. The zero-order valence-corrected chi connectivity index (χ0v) is 26.8. The molecule has 14 heteroatoms. The number of amides is 1. The summed E-state index contributed by atoms with van der Waals surface area (Å²) >= 11 is 0.914. The molecule has 3 aliphatic rings. The van der Waals surface area contributed by atoms with Gasteiger partial charge in [0.05, 0.1) is 27.2 Å². The number of hydrogen-bond donors (Lipinski definition) is 1. The zero-order chi connectivity index (χ0) is 33.2. The molecule has 6 heterocycles. The van der Waals surface area contributed by atoms with E-state index in [2.05, 4.69) is 21.4 Å². The number of pyridine rings is 1. The van der Waals surface area contributed by atoms with Crippen molar-refractivity contribution in [1.29, 1.82) is 5.26 Å². The van der Waals surface area contributed by atoms with Crippen LogP contribution in [0.15, 0.2) is 31.0 Å². The fourth-order valence-corrected chi connectivity index (χ4v) is 8.66. The summed E-state index contributed by atoms with van der Waals surface area (Å²) in [6, 6.07) is 4.12. The monoisotopic (exact) mass is 662 g/mol. The molecule has 4 aromatic rings. The van der Waals surface area contributed by atoms with Gasteiger partial charge in [-0.15, -0.1) is 11.3 Å². The van der Waals surface area contributed by atoms with E-state index in [4.69, 9.17) is 15.5 Å². The first-order valence-corrected chi connectivity index (χ1v) is 16.3. The molecule has 7 rings (SSSR count). The maximum Gasteiger partial charge on any atom is 0.319 e. The Hall–Kier alpha value is -4.48. The van der Waals surface area contributed by atoms with Gasteiger partial charge >= 0.3 is 6.01 Å². The smallest absolute Gasteiger partial charge is 0.319 e. The number of nitrogen functional groups attached to an aromatic ring is 1. The third kappa shape index (κ3) is 4.94. The number of nitrogens with two attached hydrogens (primary N) is 1. The average molecular weight is 663 g/mol. The lowest BCUT2D eigenvalue weighted by Gasteiger charge is -2.32.